The number of nitrogens with one attached hydrogen (secondary N) is 1. The lowest BCUT2D eigenvalue weighted by molar-refractivity contribution is -0.116. The number of hydrogen-bond acceptors (Lipinski definition) is 2. The molecule has 1 amide bonds. The van der Waals surface area contributed by atoms with Gasteiger partial charge < -0.3 is 5.32 Å². The number of carbonyl (C=O) groups is 1. The van der Waals surface area contributed by atoms with E-state index in [2.05, 4.69) is 5.32 Å². The van der Waals surface area contributed by atoms with Crippen molar-refractivity contribution in [2.45, 2.75) is 37.4 Å². The van der Waals surface area contributed by atoms with Crippen LogP contribution in [0.1, 0.15) is 37.7 Å². The molecule has 21 heavy (non-hydrogen) atoms. The van der Waals surface area contributed by atoms with E-state index >= 15 is 0 Å². The molecule has 1 aliphatic rings. The lowest BCUT2D eigenvalue weighted by Gasteiger charge is -2.20. The molecule has 0 spiro atoms. The van der Waals surface area contributed by atoms with Gasteiger partial charge in [-0.25, -0.2) is 0 Å². The van der Waals surface area contributed by atoms with E-state index in [1.165, 1.54) is 32.1 Å². The van der Waals surface area contributed by atoms with Gasteiger partial charge in [0, 0.05) is 28.6 Å². The predicted octanol–water partition coefficient (Wildman–Crippen LogP) is 4.54. The summed E-state index contributed by atoms with van der Waals surface area (Å²) in [6.07, 6.45) is 10.1. The molecule has 1 N–H and O–H groups in total. The Morgan fingerprint density at radius 2 is 2.05 bits per heavy atom. The smallest absolute Gasteiger partial charge is 0.244 e. The van der Waals surface area contributed by atoms with Crippen molar-refractivity contribution in [2.75, 3.05) is 12.3 Å². The van der Waals surface area contributed by atoms with Gasteiger partial charge in [-0.05, 0) is 30.5 Å². The second kappa shape index (κ2) is 9.16. The van der Waals surface area contributed by atoms with Gasteiger partial charge in [0.25, 0.3) is 0 Å². The van der Waals surface area contributed by atoms with Gasteiger partial charge in [-0.2, -0.15) is 11.8 Å². The molecule has 1 aromatic rings. The van der Waals surface area contributed by atoms with E-state index < -0.39 is 0 Å². The fourth-order valence-corrected chi connectivity index (χ4v) is 3.88. The SMILES string of the molecule is O=C(/C=C/c1ccccc1Cl)NCCSC1CCCCC1. The summed E-state index contributed by atoms with van der Waals surface area (Å²) in [5.74, 6) is 0.940. The maximum Gasteiger partial charge on any atom is 0.244 e. The maximum atomic E-state index is 11.7. The third-order valence-corrected chi connectivity index (χ3v) is 5.35. The Morgan fingerprint density at radius 3 is 2.81 bits per heavy atom. The third kappa shape index (κ3) is 6.15. The van der Waals surface area contributed by atoms with Gasteiger partial charge >= 0.3 is 0 Å². The molecule has 1 aromatic carbocycles. The van der Waals surface area contributed by atoms with Gasteiger partial charge in [-0.3, -0.25) is 4.79 Å². The van der Waals surface area contributed by atoms with E-state index in [1.807, 2.05) is 36.0 Å². The summed E-state index contributed by atoms with van der Waals surface area (Å²) < 4.78 is 0. The van der Waals surface area contributed by atoms with Crippen molar-refractivity contribution in [3.63, 3.8) is 0 Å². The number of amides is 1. The molecule has 0 bridgehead atoms. The maximum absolute atomic E-state index is 11.7. The second-order valence-corrected chi connectivity index (χ2v) is 7.09. The zero-order valence-corrected chi connectivity index (χ0v) is 13.8. The minimum absolute atomic E-state index is 0.0563. The van der Waals surface area contributed by atoms with Crippen molar-refractivity contribution in [1.82, 2.24) is 5.32 Å². The first-order chi connectivity index (χ1) is 10.3. The van der Waals surface area contributed by atoms with E-state index in [0.717, 1.165) is 23.1 Å². The van der Waals surface area contributed by atoms with Crippen LogP contribution in [0.25, 0.3) is 6.08 Å². The van der Waals surface area contributed by atoms with Crippen LogP contribution in [-0.2, 0) is 4.79 Å². The van der Waals surface area contributed by atoms with E-state index in [9.17, 15) is 4.79 Å². The number of halogens is 1. The zero-order valence-electron chi connectivity index (χ0n) is 12.2. The van der Waals surface area contributed by atoms with Crippen molar-refractivity contribution in [3.8, 4) is 0 Å². The molecule has 1 fully saturated rings. The molecule has 2 rings (SSSR count). The Labute approximate surface area is 136 Å². The highest BCUT2D eigenvalue weighted by atomic mass is 35.5. The quantitative estimate of drug-likeness (QED) is 0.615. The second-order valence-electron chi connectivity index (χ2n) is 5.28. The first-order valence-electron chi connectivity index (χ1n) is 7.58. The third-order valence-electron chi connectivity index (χ3n) is 3.63. The van der Waals surface area contributed by atoms with Gasteiger partial charge in [0.05, 0.1) is 0 Å². The Balaban J connectivity index is 1.64. The molecular formula is C17H22ClNOS. The van der Waals surface area contributed by atoms with Crippen LogP contribution in [-0.4, -0.2) is 23.5 Å². The molecule has 114 valence electrons. The molecule has 1 saturated carbocycles. The van der Waals surface area contributed by atoms with E-state index in [4.69, 9.17) is 11.6 Å². The van der Waals surface area contributed by atoms with Gasteiger partial charge in [0.1, 0.15) is 0 Å². The van der Waals surface area contributed by atoms with E-state index in [0.29, 0.717) is 5.02 Å². The van der Waals surface area contributed by atoms with Gasteiger partial charge in [0.2, 0.25) is 5.91 Å². The summed E-state index contributed by atoms with van der Waals surface area (Å²) >= 11 is 8.03. The van der Waals surface area contributed by atoms with E-state index in [1.54, 1.807) is 12.2 Å². The molecule has 0 aromatic heterocycles. The first kappa shape index (κ1) is 16.4. The number of rotatable bonds is 6. The molecule has 0 unspecified atom stereocenters. The summed E-state index contributed by atoms with van der Waals surface area (Å²) in [7, 11) is 0. The molecule has 0 saturated heterocycles. The van der Waals surface area contributed by atoms with Gasteiger partial charge in [-0.1, -0.05) is 49.1 Å². The van der Waals surface area contributed by atoms with Crippen LogP contribution in [0.4, 0.5) is 0 Å². The Hall–Kier alpha value is -0.930. The summed E-state index contributed by atoms with van der Waals surface area (Å²) in [5, 5.41) is 4.38. The fourth-order valence-electron chi connectivity index (χ4n) is 2.47. The average Bonchev–Trinajstić information content (AvgIpc) is 2.52. The van der Waals surface area contributed by atoms with Crippen molar-refractivity contribution < 1.29 is 4.79 Å². The predicted molar refractivity (Wildman–Crippen MR) is 92.8 cm³/mol. The minimum Gasteiger partial charge on any atom is -0.352 e. The van der Waals surface area contributed by atoms with Gasteiger partial charge in [-0.15, -0.1) is 0 Å². The van der Waals surface area contributed by atoms with Crippen molar-refractivity contribution in [1.29, 1.82) is 0 Å². The van der Waals surface area contributed by atoms with Crippen molar-refractivity contribution >= 4 is 35.3 Å². The average molecular weight is 324 g/mol. The Kier molecular flexibility index (Phi) is 7.17. The lowest BCUT2D eigenvalue weighted by Crippen LogP contribution is -2.24. The molecule has 0 aliphatic heterocycles. The molecule has 0 heterocycles. The number of carbonyl (C=O) groups excluding carboxylic acids is 1. The van der Waals surface area contributed by atoms with Crippen LogP contribution in [0, 0.1) is 0 Å². The Bertz CT molecular complexity index is 483. The molecule has 0 radical (unpaired) electrons. The number of benzene rings is 1. The van der Waals surface area contributed by atoms with Crippen molar-refractivity contribution in [2.24, 2.45) is 0 Å². The summed E-state index contributed by atoms with van der Waals surface area (Å²) in [5.41, 5.74) is 0.867. The standard InChI is InChI=1S/C17H22ClNOS/c18-16-9-5-4-6-14(16)10-11-17(20)19-12-13-21-15-7-2-1-3-8-15/h4-6,9-11,15H,1-3,7-8,12-13H2,(H,19,20)/b11-10+. The summed E-state index contributed by atoms with van der Waals surface area (Å²) in [4.78, 5) is 11.7. The largest absolute Gasteiger partial charge is 0.352 e. The van der Waals surface area contributed by atoms with Crippen LogP contribution in [0.2, 0.25) is 5.02 Å². The normalized spacial score (nSPS) is 16.2. The summed E-state index contributed by atoms with van der Waals surface area (Å²) in [6.45, 7) is 0.729. The van der Waals surface area contributed by atoms with Crippen LogP contribution < -0.4 is 5.32 Å². The molecular weight excluding hydrogens is 302 g/mol. The van der Waals surface area contributed by atoms with Crippen LogP contribution in [0.5, 0.6) is 0 Å². The topological polar surface area (TPSA) is 29.1 Å². The number of thioether (sulfide) groups is 1. The van der Waals surface area contributed by atoms with Crippen molar-refractivity contribution in [3.05, 3.63) is 40.9 Å². The lowest BCUT2D eigenvalue weighted by atomic mass is 10.0. The highest BCUT2D eigenvalue weighted by molar-refractivity contribution is 7.99. The first-order valence-corrected chi connectivity index (χ1v) is 9.00. The highest BCUT2D eigenvalue weighted by Crippen LogP contribution is 2.27. The molecule has 2 nitrogen and oxygen atoms in total. The Morgan fingerprint density at radius 1 is 1.29 bits per heavy atom. The van der Waals surface area contributed by atoms with Crippen LogP contribution >= 0.6 is 23.4 Å². The molecule has 4 heteroatoms. The fraction of sp³-hybridized carbons (Fsp3) is 0.471. The minimum atomic E-state index is -0.0563. The monoisotopic (exact) mass is 323 g/mol. The van der Waals surface area contributed by atoms with E-state index in [-0.39, 0.29) is 5.91 Å². The number of hydrogen-bond donors (Lipinski definition) is 1. The highest BCUT2D eigenvalue weighted by Gasteiger charge is 2.12. The van der Waals surface area contributed by atoms with Crippen LogP contribution in [0.15, 0.2) is 30.3 Å². The molecule has 1 aliphatic carbocycles. The summed E-state index contributed by atoms with van der Waals surface area (Å²) in [6, 6.07) is 7.50. The zero-order chi connectivity index (χ0) is 14.9. The van der Waals surface area contributed by atoms with Crippen LogP contribution in [0.3, 0.4) is 0 Å². The molecule has 0 atom stereocenters. The van der Waals surface area contributed by atoms with Gasteiger partial charge in [0.15, 0.2) is 0 Å².